The van der Waals surface area contributed by atoms with Gasteiger partial charge in [-0.3, -0.25) is 9.63 Å². The normalized spacial score (nSPS) is 14.6. The number of hydroxylamine groups is 1. The van der Waals surface area contributed by atoms with Crippen molar-refractivity contribution < 1.29 is 27.9 Å². The lowest BCUT2D eigenvalue weighted by Crippen LogP contribution is -2.27. The summed E-state index contributed by atoms with van der Waals surface area (Å²) in [6.07, 6.45) is 1.69. The van der Waals surface area contributed by atoms with Gasteiger partial charge < -0.3 is 10.4 Å². The highest BCUT2D eigenvalue weighted by atomic mass is 127. The summed E-state index contributed by atoms with van der Waals surface area (Å²) in [7, 11) is 0. The monoisotopic (exact) mass is 570 g/mol. The Bertz CT molecular complexity index is 925. The van der Waals surface area contributed by atoms with E-state index in [1.165, 1.54) is 12.1 Å². The molecular weight excluding hydrogens is 556 g/mol. The Morgan fingerprint density at radius 1 is 1.25 bits per heavy atom. The molecule has 2 aromatic rings. The van der Waals surface area contributed by atoms with Crippen LogP contribution >= 0.6 is 38.5 Å². The lowest BCUT2D eigenvalue weighted by molar-refractivity contribution is 0.0120. The first-order valence-electron chi connectivity index (χ1n) is 8.24. The van der Waals surface area contributed by atoms with Crippen molar-refractivity contribution in [2.75, 3.05) is 11.9 Å². The van der Waals surface area contributed by atoms with Gasteiger partial charge in [0.25, 0.3) is 5.91 Å². The Morgan fingerprint density at radius 2 is 1.96 bits per heavy atom. The molecule has 0 unspecified atom stereocenters. The molecule has 0 atom stereocenters. The summed E-state index contributed by atoms with van der Waals surface area (Å²) < 4.78 is 42.9. The molecule has 0 bridgehead atoms. The number of benzene rings is 2. The van der Waals surface area contributed by atoms with Crippen molar-refractivity contribution in [3.63, 3.8) is 0 Å². The van der Waals surface area contributed by atoms with Gasteiger partial charge in [0.15, 0.2) is 11.6 Å². The third-order valence-corrected chi connectivity index (χ3v) is 5.51. The average Bonchev–Trinajstić information content (AvgIpc) is 3.38. The standard InChI is InChI=1S/C18H15BrF3IN2O3/c19-11-8-10(17(26)25-28-6-5-18(27)3-4-18)16(15(22)14(11)21)24-13-2-1-9(23)7-12(13)20/h1-2,7-8,24,27H,3-6H2,(H,25,26). The molecule has 3 rings (SSSR count). The molecule has 2 aromatic carbocycles. The van der Waals surface area contributed by atoms with E-state index in [-0.39, 0.29) is 22.3 Å². The van der Waals surface area contributed by atoms with Gasteiger partial charge in [-0.05, 0) is 75.6 Å². The molecule has 150 valence electrons. The molecule has 1 aliphatic carbocycles. The fourth-order valence-corrected chi connectivity index (χ4v) is 3.28. The molecule has 0 aliphatic heterocycles. The fourth-order valence-electron chi connectivity index (χ4n) is 2.43. The third kappa shape index (κ3) is 4.97. The Balaban J connectivity index is 1.81. The van der Waals surface area contributed by atoms with E-state index in [4.69, 9.17) is 4.84 Å². The second-order valence-corrected chi connectivity index (χ2v) is 8.51. The third-order valence-electron chi connectivity index (χ3n) is 4.26. The number of nitrogens with one attached hydrogen (secondary N) is 2. The number of carbonyl (C=O) groups excluding carboxylic acids is 1. The van der Waals surface area contributed by atoms with Crippen molar-refractivity contribution in [3.05, 3.63) is 55.3 Å². The summed E-state index contributed by atoms with van der Waals surface area (Å²) in [6.45, 7) is 0.0571. The second kappa shape index (κ2) is 8.56. The highest BCUT2D eigenvalue weighted by Crippen LogP contribution is 2.38. The molecule has 0 spiro atoms. The maximum absolute atomic E-state index is 14.5. The van der Waals surface area contributed by atoms with Crippen LogP contribution in [-0.2, 0) is 4.84 Å². The van der Waals surface area contributed by atoms with E-state index in [1.54, 1.807) is 6.07 Å². The van der Waals surface area contributed by atoms with E-state index < -0.39 is 34.6 Å². The number of rotatable bonds is 7. The van der Waals surface area contributed by atoms with Crippen LogP contribution in [0.2, 0.25) is 0 Å². The lowest BCUT2D eigenvalue weighted by Gasteiger charge is -2.15. The predicted molar refractivity (Wildman–Crippen MR) is 109 cm³/mol. The number of amides is 1. The predicted octanol–water partition coefficient (Wildman–Crippen LogP) is 4.79. The minimum absolute atomic E-state index is 0.0571. The topological polar surface area (TPSA) is 70.6 Å². The molecule has 1 aliphatic rings. The van der Waals surface area contributed by atoms with E-state index in [0.29, 0.717) is 22.8 Å². The van der Waals surface area contributed by atoms with Crippen molar-refractivity contribution in [1.29, 1.82) is 0 Å². The first kappa shape index (κ1) is 21.3. The van der Waals surface area contributed by atoms with Gasteiger partial charge in [0.05, 0.1) is 33.6 Å². The molecule has 1 amide bonds. The second-order valence-electron chi connectivity index (χ2n) is 6.41. The van der Waals surface area contributed by atoms with E-state index >= 15 is 0 Å². The van der Waals surface area contributed by atoms with E-state index in [0.717, 1.165) is 6.07 Å². The van der Waals surface area contributed by atoms with Gasteiger partial charge in [-0.2, -0.15) is 0 Å². The van der Waals surface area contributed by atoms with Crippen molar-refractivity contribution >= 4 is 55.8 Å². The van der Waals surface area contributed by atoms with Crippen molar-refractivity contribution in [1.82, 2.24) is 5.48 Å². The van der Waals surface area contributed by atoms with Gasteiger partial charge in [0.1, 0.15) is 5.82 Å². The highest BCUT2D eigenvalue weighted by Gasteiger charge is 2.39. The van der Waals surface area contributed by atoms with Crippen LogP contribution in [0.4, 0.5) is 24.5 Å². The van der Waals surface area contributed by atoms with Crippen LogP contribution < -0.4 is 10.8 Å². The molecule has 0 saturated heterocycles. The van der Waals surface area contributed by atoms with Crippen LogP contribution in [-0.4, -0.2) is 23.2 Å². The summed E-state index contributed by atoms with van der Waals surface area (Å²) in [5.74, 6) is -4.10. The quantitative estimate of drug-likeness (QED) is 0.194. The van der Waals surface area contributed by atoms with E-state index in [9.17, 15) is 23.1 Å². The van der Waals surface area contributed by atoms with Gasteiger partial charge in [-0.25, -0.2) is 18.7 Å². The highest BCUT2D eigenvalue weighted by molar-refractivity contribution is 14.1. The molecule has 3 N–H and O–H groups in total. The van der Waals surface area contributed by atoms with Crippen molar-refractivity contribution in [3.8, 4) is 0 Å². The van der Waals surface area contributed by atoms with Crippen LogP contribution in [0, 0.1) is 21.0 Å². The number of hydrogen-bond donors (Lipinski definition) is 3. The maximum Gasteiger partial charge on any atom is 0.277 e. The molecule has 1 saturated carbocycles. The fraction of sp³-hybridized carbons (Fsp3) is 0.278. The first-order valence-corrected chi connectivity index (χ1v) is 10.1. The molecule has 10 heteroatoms. The SMILES string of the molecule is O=C(NOCCC1(O)CC1)c1cc(Br)c(F)c(F)c1Nc1ccc(I)cc1F. The summed E-state index contributed by atoms with van der Waals surface area (Å²) in [5.41, 5.74) is 0.456. The van der Waals surface area contributed by atoms with Gasteiger partial charge in [0.2, 0.25) is 0 Å². The zero-order valence-electron chi connectivity index (χ0n) is 14.3. The number of aliphatic hydroxyl groups is 1. The van der Waals surface area contributed by atoms with Crippen LogP contribution in [0.1, 0.15) is 29.6 Å². The zero-order valence-corrected chi connectivity index (χ0v) is 18.0. The molecule has 0 aromatic heterocycles. The van der Waals surface area contributed by atoms with Crippen LogP contribution in [0.5, 0.6) is 0 Å². The molecule has 0 heterocycles. The van der Waals surface area contributed by atoms with Crippen LogP contribution in [0.25, 0.3) is 0 Å². The smallest absolute Gasteiger partial charge is 0.277 e. The van der Waals surface area contributed by atoms with Crippen LogP contribution in [0.15, 0.2) is 28.7 Å². The molecule has 0 radical (unpaired) electrons. The average molecular weight is 571 g/mol. The molecule has 5 nitrogen and oxygen atoms in total. The summed E-state index contributed by atoms with van der Waals surface area (Å²) in [4.78, 5) is 17.4. The molecule has 28 heavy (non-hydrogen) atoms. The number of anilines is 2. The summed E-state index contributed by atoms with van der Waals surface area (Å²) >= 11 is 4.76. The minimum Gasteiger partial charge on any atom is -0.390 e. The maximum atomic E-state index is 14.5. The number of carbonyl (C=O) groups is 1. The molecular formula is C18H15BrF3IN2O3. The number of halogens is 5. The van der Waals surface area contributed by atoms with E-state index in [2.05, 4.69) is 26.7 Å². The Hall–Kier alpha value is -1.37. The zero-order chi connectivity index (χ0) is 20.5. The lowest BCUT2D eigenvalue weighted by atomic mass is 10.1. The van der Waals surface area contributed by atoms with Gasteiger partial charge >= 0.3 is 0 Å². The van der Waals surface area contributed by atoms with E-state index in [1.807, 2.05) is 22.6 Å². The van der Waals surface area contributed by atoms with Gasteiger partial charge in [0, 0.05) is 9.99 Å². The van der Waals surface area contributed by atoms with Gasteiger partial charge in [-0.1, -0.05) is 0 Å². The largest absolute Gasteiger partial charge is 0.390 e. The number of hydrogen-bond acceptors (Lipinski definition) is 4. The summed E-state index contributed by atoms with van der Waals surface area (Å²) in [6, 6.07) is 5.20. The molecule has 1 fully saturated rings. The Kier molecular flexibility index (Phi) is 6.52. The Labute approximate surface area is 180 Å². The van der Waals surface area contributed by atoms with Crippen molar-refractivity contribution in [2.24, 2.45) is 0 Å². The summed E-state index contributed by atoms with van der Waals surface area (Å²) in [5, 5.41) is 12.2. The first-order chi connectivity index (χ1) is 13.2. The minimum atomic E-state index is -1.34. The Morgan fingerprint density at radius 3 is 2.61 bits per heavy atom. The van der Waals surface area contributed by atoms with Gasteiger partial charge in [-0.15, -0.1) is 0 Å². The van der Waals surface area contributed by atoms with Crippen molar-refractivity contribution in [2.45, 2.75) is 24.9 Å². The van der Waals surface area contributed by atoms with Crippen LogP contribution in [0.3, 0.4) is 0 Å².